The van der Waals surface area contributed by atoms with Crippen LogP contribution in [0.2, 0.25) is 0 Å². The molecule has 2 aromatic rings. The first-order valence-corrected chi connectivity index (χ1v) is 5.82. The van der Waals surface area contributed by atoms with E-state index in [-0.39, 0.29) is 5.82 Å². The van der Waals surface area contributed by atoms with Gasteiger partial charge in [-0.2, -0.15) is 18.3 Å². The van der Waals surface area contributed by atoms with Gasteiger partial charge in [-0.15, -0.1) is 0 Å². The number of carbonyl (C=O) groups excluding carboxylic acids is 1. The van der Waals surface area contributed by atoms with E-state index in [0.29, 0.717) is 6.54 Å². The molecule has 1 aromatic carbocycles. The van der Waals surface area contributed by atoms with Crippen molar-refractivity contribution in [3.05, 3.63) is 47.7 Å². The number of hydrogen-bond acceptors (Lipinski definition) is 2. The summed E-state index contributed by atoms with van der Waals surface area (Å²) in [6, 6.07) is 9.00. The van der Waals surface area contributed by atoms with Crippen molar-refractivity contribution in [1.82, 2.24) is 9.78 Å². The Morgan fingerprint density at radius 2 is 1.90 bits per heavy atom. The zero-order valence-electron chi connectivity index (χ0n) is 10.6. The molecular weight excluding hydrogens is 271 g/mol. The number of aromatic nitrogens is 2. The Kier molecular flexibility index (Phi) is 3.78. The van der Waals surface area contributed by atoms with Crippen molar-refractivity contribution in [3.63, 3.8) is 0 Å². The van der Waals surface area contributed by atoms with E-state index in [9.17, 15) is 18.0 Å². The molecule has 1 amide bonds. The minimum Gasteiger partial charge on any atom is -0.301 e. The highest BCUT2D eigenvalue weighted by Crippen LogP contribution is 2.17. The van der Waals surface area contributed by atoms with Gasteiger partial charge in [0.2, 0.25) is 0 Å². The summed E-state index contributed by atoms with van der Waals surface area (Å²) in [4.78, 5) is 10.8. The third-order valence-corrected chi connectivity index (χ3v) is 2.60. The number of carbonyl (C=O) groups is 1. The van der Waals surface area contributed by atoms with E-state index in [4.69, 9.17) is 0 Å². The average Bonchev–Trinajstić information content (AvgIpc) is 2.78. The molecular formula is C13H12F3N3O. The molecule has 2 rings (SSSR count). The molecule has 0 aliphatic carbocycles. The van der Waals surface area contributed by atoms with Crippen LogP contribution in [-0.2, 0) is 11.3 Å². The molecule has 0 spiro atoms. The van der Waals surface area contributed by atoms with Crippen LogP contribution in [0.1, 0.15) is 11.1 Å². The number of hydrogen-bond donors (Lipinski definition) is 1. The Morgan fingerprint density at radius 3 is 2.50 bits per heavy atom. The van der Waals surface area contributed by atoms with Crippen LogP contribution in [0.3, 0.4) is 0 Å². The molecule has 0 unspecified atom stereocenters. The fraction of sp³-hybridized carbons (Fsp3) is 0.231. The van der Waals surface area contributed by atoms with Gasteiger partial charge in [-0.05, 0) is 12.5 Å². The maximum absolute atomic E-state index is 12.1. The third-order valence-electron chi connectivity index (χ3n) is 2.60. The van der Waals surface area contributed by atoms with Crippen molar-refractivity contribution in [3.8, 4) is 0 Å². The van der Waals surface area contributed by atoms with E-state index in [1.165, 1.54) is 16.9 Å². The van der Waals surface area contributed by atoms with E-state index in [1.807, 2.05) is 31.2 Å². The Hall–Kier alpha value is -2.31. The van der Waals surface area contributed by atoms with Gasteiger partial charge in [-0.3, -0.25) is 9.48 Å². The fourth-order valence-electron chi connectivity index (χ4n) is 1.58. The van der Waals surface area contributed by atoms with Crippen molar-refractivity contribution in [2.24, 2.45) is 0 Å². The van der Waals surface area contributed by atoms with Crippen molar-refractivity contribution >= 4 is 11.7 Å². The molecule has 106 valence electrons. The molecule has 0 aliphatic rings. The van der Waals surface area contributed by atoms with Gasteiger partial charge in [0.25, 0.3) is 0 Å². The van der Waals surface area contributed by atoms with Crippen molar-refractivity contribution in [2.45, 2.75) is 19.6 Å². The van der Waals surface area contributed by atoms with E-state index < -0.39 is 12.1 Å². The fourth-order valence-corrected chi connectivity index (χ4v) is 1.58. The van der Waals surface area contributed by atoms with Crippen LogP contribution in [0, 0.1) is 6.92 Å². The summed E-state index contributed by atoms with van der Waals surface area (Å²) in [7, 11) is 0. The maximum atomic E-state index is 12.1. The molecule has 0 fully saturated rings. The molecule has 1 N–H and O–H groups in total. The van der Waals surface area contributed by atoms with Gasteiger partial charge in [0, 0.05) is 12.3 Å². The first-order valence-electron chi connectivity index (χ1n) is 5.82. The SMILES string of the molecule is Cc1ccc(Cn2ccc(NC(=O)C(F)(F)F)n2)cc1. The number of halogens is 3. The lowest BCUT2D eigenvalue weighted by molar-refractivity contribution is -0.167. The van der Waals surface area contributed by atoms with Gasteiger partial charge in [0.15, 0.2) is 5.82 Å². The molecule has 4 nitrogen and oxygen atoms in total. The van der Waals surface area contributed by atoms with E-state index in [0.717, 1.165) is 11.1 Å². The second-order valence-electron chi connectivity index (χ2n) is 4.34. The van der Waals surface area contributed by atoms with E-state index in [2.05, 4.69) is 5.10 Å². The lowest BCUT2D eigenvalue weighted by Crippen LogP contribution is -2.30. The number of anilines is 1. The molecule has 20 heavy (non-hydrogen) atoms. The number of amides is 1. The van der Waals surface area contributed by atoms with Crippen molar-refractivity contribution in [1.29, 1.82) is 0 Å². The number of nitrogens with zero attached hydrogens (tertiary/aromatic N) is 2. The summed E-state index contributed by atoms with van der Waals surface area (Å²) in [6.07, 6.45) is -3.41. The minimum absolute atomic E-state index is 0.126. The minimum atomic E-state index is -4.92. The Bertz CT molecular complexity index is 602. The zero-order valence-corrected chi connectivity index (χ0v) is 10.6. The van der Waals surface area contributed by atoms with Crippen molar-refractivity contribution in [2.75, 3.05) is 5.32 Å². The topological polar surface area (TPSA) is 46.9 Å². The third kappa shape index (κ3) is 3.59. The molecule has 0 bridgehead atoms. The van der Waals surface area contributed by atoms with Gasteiger partial charge in [-0.25, -0.2) is 0 Å². The average molecular weight is 283 g/mol. The standard InChI is InChI=1S/C13H12F3N3O/c1-9-2-4-10(5-3-9)8-19-7-6-11(18-19)17-12(20)13(14,15)16/h2-7H,8H2,1H3,(H,17,18,20). The van der Waals surface area contributed by atoms with Crippen LogP contribution in [-0.4, -0.2) is 21.9 Å². The summed E-state index contributed by atoms with van der Waals surface area (Å²) < 4.78 is 37.7. The van der Waals surface area contributed by atoms with Gasteiger partial charge < -0.3 is 5.32 Å². The maximum Gasteiger partial charge on any atom is 0.471 e. The summed E-state index contributed by atoms with van der Waals surface area (Å²) in [5, 5.41) is 5.57. The summed E-state index contributed by atoms with van der Waals surface area (Å²) in [5.74, 6) is -2.16. The van der Waals surface area contributed by atoms with Crippen LogP contribution >= 0.6 is 0 Å². The highest BCUT2D eigenvalue weighted by Gasteiger charge is 2.39. The van der Waals surface area contributed by atoms with Gasteiger partial charge in [-0.1, -0.05) is 29.8 Å². The van der Waals surface area contributed by atoms with Crippen LogP contribution in [0.4, 0.5) is 19.0 Å². The van der Waals surface area contributed by atoms with Gasteiger partial charge >= 0.3 is 12.1 Å². The molecule has 0 saturated carbocycles. The van der Waals surface area contributed by atoms with Crippen LogP contribution in [0.15, 0.2) is 36.5 Å². The summed E-state index contributed by atoms with van der Waals surface area (Å²) in [6.45, 7) is 2.38. The number of rotatable bonds is 3. The highest BCUT2D eigenvalue weighted by atomic mass is 19.4. The number of benzene rings is 1. The highest BCUT2D eigenvalue weighted by molar-refractivity contribution is 5.94. The number of alkyl halides is 3. The van der Waals surface area contributed by atoms with Gasteiger partial charge in [0.05, 0.1) is 6.54 Å². The molecule has 1 heterocycles. The quantitative estimate of drug-likeness (QED) is 0.941. The molecule has 0 radical (unpaired) electrons. The first-order chi connectivity index (χ1) is 9.34. The van der Waals surface area contributed by atoms with E-state index >= 15 is 0 Å². The van der Waals surface area contributed by atoms with Crippen LogP contribution < -0.4 is 5.32 Å². The monoisotopic (exact) mass is 283 g/mol. The lowest BCUT2D eigenvalue weighted by Gasteiger charge is -2.05. The zero-order chi connectivity index (χ0) is 14.8. The first kappa shape index (κ1) is 14.1. The molecule has 0 saturated heterocycles. The molecule has 0 atom stereocenters. The summed E-state index contributed by atoms with van der Waals surface area (Å²) >= 11 is 0. The number of nitrogens with one attached hydrogen (secondary N) is 1. The van der Waals surface area contributed by atoms with Gasteiger partial charge in [0.1, 0.15) is 0 Å². The number of aryl methyl sites for hydroxylation is 1. The predicted molar refractivity (Wildman–Crippen MR) is 67.2 cm³/mol. The Morgan fingerprint density at radius 1 is 1.25 bits per heavy atom. The smallest absolute Gasteiger partial charge is 0.301 e. The second kappa shape index (κ2) is 5.36. The largest absolute Gasteiger partial charge is 0.471 e. The molecule has 7 heteroatoms. The van der Waals surface area contributed by atoms with Crippen LogP contribution in [0.25, 0.3) is 0 Å². The second-order valence-corrected chi connectivity index (χ2v) is 4.34. The van der Waals surface area contributed by atoms with E-state index in [1.54, 1.807) is 5.32 Å². The normalized spacial score (nSPS) is 11.4. The Labute approximate surface area is 113 Å². The summed E-state index contributed by atoms with van der Waals surface area (Å²) in [5.41, 5.74) is 2.08. The molecule has 0 aliphatic heterocycles. The van der Waals surface area contributed by atoms with Crippen molar-refractivity contribution < 1.29 is 18.0 Å². The molecule has 1 aromatic heterocycles. The predicted octanol–water partition coefficient (Wildman–Crippen LogP) is 2.74. The lowest BCUT2D eigenvalue weighted by atomic mass is 10.1. The Balaban J connectivity index is 2.02. The van der Waals surface area contributed by atoms with Crippen LogP contribution in [0.5, 0.6) is 0 Å².